The first-order valence-corrected chi connectivity index (χ1v) is 8.33. The van der Waals surface area contributed by atoms with Gasteiger partial charge in [-0.25, -0.2) is 0 Å². The van der Waals surface area contributed by atoms with E-state index in [2.05, 4.69) is 9.88 Å². The van der Waals surface area contributed by atoms with E-state index in [0.29, 0.717) is 23.9 Å². The Balaban J connectivity index is 1.51. The zero-order valence-corrected chi connectivity index (χ0v) is 14.4. The summed E-state index contributed by atoms with van der Waals surface area (Å²) in [6.45, 7) is 4.96. The van der Waals surface area contributed by atoms with Crippen LogP contribution in [0.2, 0.25) is 5.02 Å². The highest BCUT2D eigenvalue weighted by atomic mass is 35.5. The van der Waals surface area contributed by atoms with Gasteiger partial charge in [-0.05, 0) is 36.8 Å². The molecule has 0 radical (unpaired) electrons. The van der Waals surface area contributed by atoms with E-state index in [1.165, 1.54) is 0 Å². The first kappa shape index (κ1) is 16.6. The molecule has 0 atom stereocenters. The van der Waals surface area contributed by atoms with Crippen molar-refractivity contribution in [2.45, 2.75) is 6.92 Å². The number of nitrogens with zero attached hydrogens (tertiary/aromatic N) is 3. The molecule has 1 aliphatic rings. The lowest BCUT2D eigenvalue weighted by atomic mass is 10.2. The predicted octanol–water partition coefficient (Wildman–Crippen LogP) is 2.77. The molecule has 0 unspecified atom stereocenters. The monoisotopic (exact) mass is 345 g/mol. The molecule has 1 saturated heterocycles. The maximum absolute atomic E-state index is 12.3. The molecule has 1 aromatic carbocycles. The lowest BCUT2D eigenvalue weighted by Gasteiger charge is -2.36. The number of carbonyl (C=O) groups is 1. The maximum Gasteiger partial charge on any atom is 0.260 e. The third kappa shape index (κ3) is 3.97. The summed E-state index contributed by atoms with van der Waals surface area (Å²) in [5.41, 5.74) is 2.19. The molecule has 24 heavy (non-hydrogen) atoms. The van der Waals surface area contributed by atoms with Crippen LogP contribution in [0.4, 0.5) is 5.69 Å². The van der Waals surface area contributed by atoms with Crippen molar-refractivity contribution in [3.63, 3.8) is 0 Å². The fraction of sp³-hybridized carbons (Fsp3) is 0.333. The van der Waals surface area contributed by atoms with Gasteiger partial charge in [0.05, 0.1) is 5.02 Å². The Bertz CT molecular complexity index is 701. The van der Waals surface area contributed by atoms with Crippen molar-refractivity contribution in [3.8, 4) is 5.75 Å². The van der Waals surface area contributed by atoms with Crippen molar-refractivity contribution in [3.05, 3.63) is 53.3 Å². The van der Waals surface area contributed by atoms with Crippen LogP contribution >= 0.6 is 11.6 Å². The number of aromatic nitrogens is 1. The minimum Gasteiger partial charge on any atom is -0.482 e. The van der Waals surface area contributed by atoms with Gasteiger partial charge in [0.1, 0.15) is 5.75 Å². The van der Waals surface area contributed by atoms with Crippen molar-refractivity contribution in [1.82, 2.24) is 9.88 Å². The second kappa shape index (κ2) is 7.53. The van der Waals surface area contributed by atoms with Crippen LogP contribution < -0.4 is 9.64 Å². The standard InChI is InChI=1S/C18H20ClN3O2/c1-14-2-3-16(19)17(12-14)24-13-18(23)22-10-8-21(9-11-22)15-4-6-20-7-5-15/h2-7,12H,8-11,13H2,1H3. The van der Waals surface area contributed by atoms with E-state index >= 15 is 0 Å². The third-order valence-electron chi connectivity index (χ3n) is 4.10. The summed E-state index contributed by atoms with van der Waals surface area (Å²) >= 11 is 6.09. The summed E-state index contributed by atoms with van der Waals surface area (Å²) in [6, 6.07) is 9.51. The molecular formula is C18H20ClN3O2. The van der Waals surface area contributed by atoms with Crippen LogP contribution in [0.5, 0.6) is 5.75 Å². The Morgan fingerprint density at radius 3 is 2.58 bits per heavy atom. The van der Waals surface area contributed by atoms with Gasteiger partial charge in [-0.1, -0.05) is 17.7 Å². The molecule has 1 aliphatic heterocycles. The van der Waals surface area contributed by atoms with Crippen molar-refractivity contribution < 1.29 is 9.53 Å². The van der Waals surface area contributed by atoms with Crippen LogP contribution in [0.3, 0.4) is 0 Å². The minimum absolute atomic E-state index is 0.0121. The number of hydrogen-bond acceptors (Lipinski definition) is 4. The Kier molecular flexibility index (Phi) is 5.20. The molecule has 126 valence electrons. The molecule has 0 bridgehead atoms. The van der Waals surface area contributed by atoms with E-state index in [-0.39, 0.29) is 12.5 Å². The predicted molar refractivity (Wildman–Crippen MR) is 94.7 cm³/mol. The molecule has 0 N–H and O–H groups in total. The van der Waals surface area contributed by atoms with Crippen LogP contribution in [0, 0.1) is 6.92 Å². The highest BCUT2D eigenvalue weighted by Crippen LogP contribution is 2.25. The first-order chi connectivity index (χ1) is 11.6. The highest BCUT2D eigenvalue weighted by molar-refractivity contribution is 6.32. The van der Waals surface area contributed by atoms with Crippen LogP contribution in [-0.2, 0) is 4.79 Å². The molecule has 0 aliphatic carbocycles. The van der Waals surface area contributed by atoms with Gasteiger partial charge in [0, 0.05) is 44.3 Å². The van der Waals surface area contributed by atoms with Gasteiger partial charge in [-0.15, -0.1) is 0 Å². The molecule has 2 aromatic rings. The lowest BCUT2D eigenvalue weighted by molar-refractivity contribution is -0.133. The fourth-order valence-corrected chi connectivity index (χ4v) is 2.89. The van der Waals surface area contributed by atoms with Gasteiger partial charge in [0.25, 0.3) is 5.91 Å². The maximum atomic E-state index is 12.3. The summed E-state index contributed by atoms with van der Waals surface area (Å²) in [5.74, 6) is 0.544. The summed E-state index contributed by atoms with van der Waals surface area (Å²) in [5, 5.41) is 0.524. The lowest BCUT2D eigenvalue weighted by Crippen LogP contribution is -2.50. The quantitative estimate of drug-likeness (QED) is 0.854. The van der Waals surface area contributed by atoms with E-state index in [0.717, 1.165) is 24.3 Å². The number of aryl methyl sites for hydroxylation is 1. The highest BCUT2D eigenvalue weighted by Gasteiger charge is 2.21. The third-order valence-corrected chi connectivity index (χ3v) is 4.41. The number of piperazine rings is 1. The molecule has 3 rings (SSSR count). The molecular weight excluding hydrogens is 326 g/mol. The Morgan fingerprint density at radius 1 is 1.17 bits per heavy atom. The topological polar surface area (TPSA) is 45.7 Å². The summed E-state index contributed by atoms with van der Waals surface area (Å²) in [4.78, 5) is 20.5. The normalized spacial score (nSPS) is 14.6. The number of halogens is 1. The fourth-order valence-electron chi connectivity index (χ4n) is 2.72. The molecule has 5 nitrogen and oxygen atoms in total. The summed E-state index contributed by atoms with van der Waals surface area (Å²) in [7, 11) is 0. The molecule has 1 aromatic heterocycles. The summed E-state index contributed by atoms with van der Waals surface area (Å²) < 4.78 is 5.60. The average molecular weight is 346 g/mol. The Labute approximate surface area is 146 Å². The van der Waals surface area contributed by atoms with Crippen molar-refractivity contribution in [2.75, 3.05) is 37.7 Å². The SMILES string of the molecule is Cc1ccc(Cl)c(OCC(=O)N2CCN(c3ccncc3)CC2)c1. The second-order valence-electron chi connectivity index (χ2n) is 5.80. The van der Waals surface area contributed by atoms with Gasteiger partial charge in [-0.2, -0.15) is 0 Å². The number of ether oxygens (including phenoxy) is 1. The van der Waals surface area contributed by atoms with E-state index in [4.69, 9.17) is 16.3 Å². The Morgan fingerprint density at radius 2 is 1.88 bits per heavy atom. The van der Waals surface area contributed by atoms with Crippen molar-refractivity contribution >= 4 is 23.2 Å². The molecule has 0 spiro atoms. The zero-order chi connectivity index (χ0) is 16.9. The molecule has 1 amide bonds. The van der Waals surface area contributed by atoms with Crippen LogP contribution in [0.25, 0.3) is 0 Å². The van der Waals surface area contributed by atoms with Crippen LogP contribution in [0.1, 0.15) is 5.56 Å². The van der Waals surface area contributed by atoms with Crippen LogP contribution in [0.15, 0.2) is 42.7 Å². The van der Waals surface area contributed by atoms with Crippen LogP contribution in [-0.4, -0.2) is 48.6 Å². The Hall–Kier alpha value is -2.27. The average Bonchev–Trinajstić information content (AvgIpc) is 2.63. The number of pyridine rings is 1. The zero-order valence-electron chi connectivity index (χ0n) is 13.6. The van der Waals surface area contributed by atoms with Crippen molar-refractivity contribution in [1.29, 1.82) is 0 Å². The number of anilines is 1. The number of hydrogen-bond donors (Lipinski definition) is 0. The number of rotatable bonds is 4. The molecule has 6 heteroatoms. The van der Waals surface area contributed by atoms with Gasteiger partial charge in [-0.3, -0.25) is 9.78 Å². The first-order valence-electron chi connectivity index (χ1n) is 7.95. The number of benzene rings is 1. The molecule has 2 heterocycles. The van der Waals surface area contributed by atoms with Crippen molar-refractivity contribution in [2.24, 2.45) is 0 Å². The van der Waals surface area contributed by atoms with E-state index in [9.17, 15) is 4.79 Å². The van der Waals surface area contributed by atoms with Gasteiger partial charge in [0.15, 0.2) is 6.61 Å². The van der Waals surface area contributed by atoms with E-state index < -0.39 is 0 Å². The smallest absolute Gasteiger partial charge is 0.260 e. The second-order valence-corrected chi connectivity index (χ2v) is 6.20. The van der Waals surface area contributed by atoms with Gasteiger partial charge >= 0.3 is 0 Å². The van der Waals surface area contributed by atoms with E-state index in [1.807, 2.05) is 36.1 Å². The number of carbonyl (C=O) groups excluding carboxylic acids is 1. The summed E-state index contributed by atoms with van der Waals surface area (Å²) in [6.07, 6.45) is 3.57. The van der Waals surface area contributed by atoms with E-state index in [1.54, 1.807) is 18.5 Å². The minimum atomic E-state index is -0.0121. The number of amides is 1. The molecule has 0 saturated carbocycles. The van der Waals surface area contributed by atoms with Gasteiger partial charge < -0.3 is 14.5 Å². The molecule has 1 fully saturated rings. The largest absolute Gasteiger partial charge is 0.482 e. The van der Waals surface area contributed by atoms with Gasteiger partial charge in [0.2, 0.25) is 0 Å².